The van der Waals surface area contributed by atoms with Crippen molar-refractivity contribution in [2.75, 3.05) is 5.32 Å². The number of benzene rings is 1. The van der Waals surface area contributed by atoms with Crippen molar-refractivity contribution in [2.24, 2.45) is 0 Å². The predicted octanol–water partition coefficient (Wildman–Crippen LogP) is 4.42. The van der Waals surface area contributed by atoms with E-state index in [4.69, 9.17) is 4.42 Å². The summed E-state index contributed by atoms with van der Waals surface area (Å²) in [5, 5.41) is 7.69. The van der Waals surface area contributed by atoms with Gasteiger partial charge in [0.05, 0.1) is 28.2 Å². The number of carbonyl (C=O) groups is 2. The normalized spacial score (nSPS) is 11.8. The fourth-order valence-electron chi connectivity index (χ4n) is 2.64. The summed E-state index contributed by atoms with van der Waals surface area (Å²) in [6, 6.07) is 10.9. The Balaban J connectivity index is 1.71. The average Bonchev–Trinajstić information content (AvgIpc) is 3.32. The lowest BCUT2D eigenvalue weighted by molar-refractivity contribution is -0.115. The minimum absolute atomic E-state index is 0.0599. The van der Waals surface area contributed by atoms with Gasteiger partial charge in [0.15, 0.2) is 0 Å². The second kappa shape index (κ2) is 8.84. The Morgan fingerprint density at radius 2 is 2.00 bits per heavy atom. The molecule has 0 aliphatic carbocycles. The zero-order valence-electron chi connectivity index (χ0n) is 16.1. The van der Waals surface area contributed by atoms with Crippen LogP contribution in [0.3, 0.4) is 0 Å². The Kier molecular flexibility index (Phi) is 6.26. The molecule has 2 aromatic heterocycles. The molecule has 0 fully saturated rings. The van der Waals surface area contributed by atoms with Gasteiger partial charge in [-0.25, -0.2) is 4.98 Å². The van der Waals surface area contributed by atoms with E-state index in [1.807, 2.05) is 31.4 Å². The molecule has 6 nitrogen and oxygen atoms in total. The number of carbonyl (C=O) groups excluding carboxylic acids is 2. The molecule has 0 aliphatic rings. The van der Waals surface area contributed by atoms with E-state index in [9.17, 15) is 9.59 Å². The third-order valence-electron chi connectivity index (χ3n) is 4.39. The largest absolute Gasteiger partial charge is 0.440 e. The number of oxazole rings is 1. The molecule has 2 heterocycles. The molecule has 0 saturated carbocycles. The van der Waals surface area contributed by atoms with Gasteiger partial charge in [0.25, 0.3) is 5.91 Å². The number of rotatable bonds is 7. The van der Waals surface area contributed by atoms with Crippen LogP contribution < -0.4 is 10.6 Å². The Hall–Kier alpha value is -2.93. The van der Waals surface area contributed by atoms with Gasteiger partial charge in [-0.2, -0.15) is 0 Å². The van der Waals surface area contributed by atoms with Crippen LogP contribution in [0.4, 0.5) is 5.69 Å². The van der Waals surface area contributed by atoms with Crippen molar-refractivity contribution in [1.82, 2.24) is 10.3 Å². The molecule has 28 heavy (non-hydrogen) atoms. The first-order chi connectivity index (χ1) is 13.5. The molecule has 2 amide bonds. The third-order valence-corrected chi connectivity index (χ3v) is 5.25. The van der Waals surface area contributed by atoms with E-state index in [1.54, 1.807) is 31.2 Å². The van der Waals surface area contributed by atoms with Crippen LogP contribution >= 0.6 is 11.3 Å². The molecule has 0 radical (unpaired) electrons. The zero-order valence-corrected chi connectivity index (χ0v) is 16.9. The van der Waals surface area contributed by atoms with Crippen LogP contribution in [0.1, 0.15) is 42.1 Å². The van der Waals surface area contributed by atoms with Crippen LogP contribution in [0.15, 0.2) is 46.2 Å². The van der Waals surface area contributed by atoms with Crippen LogP contribution in [0, 0.1) is 6.92 Å². The molecule has 7 heteroatoms. The molecule has 0 spiro atoms. The minimum Gasteiger partial charge on any atom is -0.440 e. The lowest BCUT2D eigenvalue weighted by atomic mass is 10.1. The van der Waals surface area contributed by atoms with Crippen molar-refractivity contribution < 1.29 is 14.0 Å². The number of aromatic nitrogens is 1. The SMILES string of the molecule is CC[C@H](C)NC(=O)c1ccccc1NC(=O)Cc1nc(-c2cccs2)oc1C. The number of para-hydroxylation sites is 1. The van der Waals surface area contributed by atoms with Crippen molar-refractivity contribution >= 4 is 28.8 Å². The van der Waals surface area contributed by atoms with Gasteiger partial charge >= 0.3 is 0 Å². The smallest absolute Gasteiger partial charge is 0.253 e. The third kappa shape index (κ3) is 4.67. The van der Waals surface area contributed by atoms with Gasteiger partial charge in [-0.3, -0.25) is 9.59 Å². The highest BCUT2D eigenvalue weighted by Gasteiger charge is 2.18. The molecule has 146 valence electrons. The highest BCUT2D eigenvalue weighted by molar-refractivity contribution is 7.13. The molecule has 0 saturated heterocycles. The van der Waals surface area contributed by atoms with Gasteiger partial charge in [0.1, 0.15) is 5.76 Å². The summed E-state index contributed by atoms with van der Waals surface area (Å²) in [4.78, 5) is 30.4. The van der Waals surface area contributed by atoms with Gasteiger partial charge in [0.2, 0.25) is 11.8 Å². The maximum Gasteiger partial charge on any atom is 0.253 e. The van der Waals surface area contributed by atoms with Crippen LogP contribution in [0.5, 0.6) is 0 Å². The lowest BCUT2D eigenvalue weighted by Crippen LogP contribution is -2.32. The minimum atomic E-state index is -0.252. The first-order valence-electron chi connectivity index (χ1n) is 9.17. The fourth-order valence-corrected chi connectivity index (χ4v) is 3.29. The number of aryl methyl sites for hydroxylation is 1. The van der Waals surface area contributed by atoms with Gasteiger partial charge < -0.3 is 15.1 Å². The number of nitrogens with one attached hydrogen (secondary N) is 2. The molecule has 0 aliphatic heterocycles. The highest BCUT2D eigenvalue weighted by Crippen LogP contribution is 2.26. The van der Waals surface area contributed by atoms with Crippen LogP contribution in [-0.2, 0) is 11.2 Å². The molecule has 3 rings (SSSR count). The zero-order chi connectivity index (χ0) is 20.1. The van der Waals surface area contributed by atoms with Gasteiger partial charge in [-0.05, 0) is 43.8 Å². The Bertz CT molecular complexity index is 963. The second-order valence-electron chi connectivity index (χ2n) is 6.55. The van der Waals surface area contributed by atoms with Gasteiger partial charge in [-0.1, -0.05) is 25.1 Å². The van der Waals surface area contributed by atoms with Crippen LogP contribution in [0.25, 0.3) is 10.8 Å². The quantitative estimate of drug-likeness (QED) is 0.618. The summed E-state index contributed by atoms with van der Waals surface area (Å²) >= 11 is 1.53. The van der Waals surface area contributed by atoms with E-state index in [0.717, 1.165) is 11.3 Å². The maximum atomic E-state index is 12.6. The molecular weight excluding hydrogens is 374 g/mol. The van der Waals surface area contributed by atoms with Crippen LogP contribution in [-0.4, -0.2) is 22.8 Å². The predicted molar refractivity (Wildman–Crippen MR) is 111 cm³/mol. The van der Waals surface area contributed by atoms with Crippen molar-refractivity contribution in [3.05, 3.63) is 58.8 Å². The summed E-state index contributed by atoms with van der Waals surface area (Å²) in [7, 11) is 0. The number of anilines is 1. The van der Waals surface area contributed by atoms with E-state index in [0.29, 0.717) is 28.6 Å². The van der Waals surface area contributed by atoms with Crippen LogP contribution in [0.2, 0.25) is 0 Å². The standard InChI is InChI=1S/C21H23N3O3S/c1-4-13(2)22-20(26)15-8-5-6-9-16(15)23-19(25)12-17-14(3)27-21(24-17)18-10-7-11-28-18/h5-11,13H,4,12H2,1-3H3,(H,22,26)(H,23,25)/t13-/m0/s1. The number of amides is 2. The van der Waals surface area contributed by atoms with E-state index in [-0.39, 0.29) is 24.3 Å². The van der Waals surface area contributed by atoms with E-state index in [1.165, 1.54) is 11.3 Å². The molecular formula is C21H23N3O3S. The van der Waals surface area contributed by atoms with Gasteiger partial charge in [-0.15, -0.1) is 11.3 Å². The fraction of sp³-hybridized carbons (Fsp3) is 0.286. The van der Waals surface area contributed by atoms with E-state index < -0.39 is 0 Å². The van der Waals surface area contributed by atoms with E-state index >= 15 is 0 Å². The first-order valence-corrected chi connectivity index (χ1v) is 10.1. The molecule has 0 bridgehead atoms. The monoisotopic (exact) mass is 397 g/mol. The molecule has 0 unspecified atom stereocenters. The number of hydrogen-bond acceptors (Lipinski definition) is 5. The van der Waals surface area contributed by atoms with Crippen molar-refractivity contribution in [1.29, 1.82) is 0 Å². The summed E-state index contributed by atoms with van der Waals surface area (Å²) in [6.45, 7) is 5.74. The number of hydrogen-bond donors (Lipinski definition) is 2. The Morgan fingerprint density at radius 1 is 1.21 bits per heavy atom. The Labute approximate surface area is 168 Å². The van der Waals surface area contributed by atoms with Gasteiger partial charge in [0, 0.05) is 6.04 Å². The first kappa shape index (κ1) is 19.8. The number of nitrogens with zero attached hydrogens (tertiary/aromatic N) is 1. The summed E-state index contributed by atoms with van der Waals surface area (Å²) in [5.74, 6) is 0.672. The highest BCUT2D eigenvalue weighted by atomic mass is 32.1. The van der Waals surface area contributed by atoms with E-state index in [2.05, 4.69) is 15.6 Å². The molecule has 1 atom stereocenters. The topological polar surface area (TPSA) is 84.2 Å². The molecule has 2 N–H and O–H groups in total. The van der Waals surface area contributed by atoms with Crippen molar-refractivity contribution in [2.45, 2.75) is 39.7 Å². The van der Waals surface area contributed by atoms with Crippen molar-refractivity contribution in [3.8, 4) is 10.8 Å². The summed E-state index contributed by atoms with van der Waals surface area (Å²) in [5.41, 5.74) is 1.50. The average molecular weight is 398 g/mol. The maximum absolute atomic E-state index is 12.6. The second-order valence-corrected chi connectivity index (χ2v) is 7.50. The number of thiophene rings is 1. The van der Waals surface area contributed by atoms with Crippen molar-refractivity contribution in [3.63, 3.8) is 0 Å². The summed E-state index contributed by atoms with van der Waals surface area (Å²) in [6.07, 6.45) is 0.903. The Morgan fingerprint density at radius 3 is 2.71 bits per heavy atom. The lowest BCUT2D eigenvalue weighted by Gasteiger charge is -2.14. The molecule has 3 aromatic rings. The molecule has 1 aromatic carbocycles. The summed E-state index contributed by atoms with van der Waals surface area (Å²) < 4.78 is 5.68.